The van der Waals surface area contributed by atoms with Gasteiger partial charge in [-0.05, 0) is 20.8 Å². The van der Waals surface area contributed by atoms with Gasteiger partial charge in [-0.1, -0.05) is 0 Å². The van der Waals surface area contributed by atoms with Crippen LogP contribution < -0.4 is 0 Å². The molecule has 0 bridgehead atoms. The Labute approximate surface area is 49.8 Å². The van der Waals surface area contributed by atoms with Crippen molar-refractivity contribution < 1.29 is 9.47 Å². The lowest BCUT2D eigenvalue weighted by molar-refractivity contribution is -0.133. The van der Waals surface area contributed by atoms with Crippen molar-refractivity contribution in [1.82, 2.24) is 0 Å². The monoisotopic (exact) mass is 115 g/mol. The molecular weight excluding hydrogens is 104 g/mol. The fourth-order valence-corrected chi connectivity index (χ4v) is 0.763. The predicted octanol–water partition coefficient (Wildman–Crippen LogP) is 0.972. The van der Waals surface area contributed by atoms with E-state index in [-0.39, 0.29) is 6.10 Å². The molecule has 1 atom stereocenters. The molecule has 0 aromatic heterocycles. The number of rotatable bonds is 0. The van der Waals surface area contributed by atoms with Gasteiger partial charge in [-0.3, -0.25) is 0 Å². The lowest BCUT2D eigenvalue weighted by Gasteiger charge is -2.15. The molecule has 0 aromatic carbocycles. The molecule has 47 valence electrons. The Morgan fingerprint density at radius 2 is 2.25 bits per heavy atom. The number of hydrogen-bond acceptors (Lipinski definition) is 2. The van der Waals surface area contributed by atoms with E-state index in [0.29, 0.717) is 6.61 Å². The molecule has 0 N–H and O–H groups in total. The second-order valence-electron chi connectivity index (χ2n) is 2.45. The van der Waals surface area contributed by atoms with E-state index in [1.807, 2.05) is 13.8 Å². The van der Waals surface area contributed by atoms with Crippen molar-refractivity contribution in [3.63, 3.8) is 0 Å². The fourth-order valence-electron chi connectivity index (χ4n) is 0.763. The second kappa shape index (κ2) is 1.71. The summed E-state index contributed by atoms with van der Waals surface area (Å²) in [6.07, 6.45) is 0.0185. The van der Waals surface area contributed by atoms with Gasteiger partial charge < -0.3 is 9.47 Å². The highest BCUT2D eigenvalue weighted by Gasteiger charge is 2.29. The summed E-state index contributed by atoms with van der Waals surface area (Å²) in [6.45, 7) is 8.08. The normalized spacial score (nSPS) is 35.6. The predicted molar refractivity (Wildman–Crippen MR) is 30.3 cm³/mol. The molecule has 0 spiro atoms. The third-order valence-corrected chi connectivity index (χ3v) is 1.07. The van der Waals surface area contributed by atoms with Crippen molar-refractivity contribution >= 4 is 0 Å². The van der Waals surface area contributed by atoms with Crippen molar-refractivity contribution in [1.29, 1.82) is 0 Å². The van der Waals surface area contributed by atoms with Crippen molar-refractivity contribution in [2.45, 2.75) is 25.7 Å². The molecule has 2 heteroatoms. The maximum Gasteiger partial charge on any atom is 0.163 e. The van der Waals surface area contributed by atoms with Crippen LogP contribution in [-0.2, 0) is 9.47 Å². The molecule has 8 heavy (non-hydrogen) atoms. The Hall–Kier alpha value is -0.0800. The van der Waals surface area contributed by atoms with Crippen LogP contribution in [0.5, 0.6) is 0 Å². The van der Waals surface area contributed by atoms with Gasteiger partial charge in [-0.25, -0.2) is 0 Å². The molecule has 0 amide bonds. The standard InChI is InChI=1S/C6H11O2/c1-5-4-7-6(2,3)8-5/h5H,1,4H2,2-3H3/t5-/m1/s1. The lowest BCUT2D eigenvalue weighted by Crippen LogP contribution is -2.20. The molecule has 1 aliphatic heterocycles. The largest absolute Gasteiger partial charge is 0.348 e. The first-order chi connectivity index (χ1) is 3.60. The minimum atomic E-state index is -0.396. The topological polar surface area (TPSA) is 18.5 Å². The maximum absolute atomic E-state index is 5.22. The average Bonchev–Trinajstić information content (AvgIpc) is 1.82. The summed E-state index contributed by atoms with van der Waals surface area (Å²) in [4.78, 5) is 0. The van der Waals surface area contributed by atoms with Crippen molar-refractivity contribution in [3.05, 3.63) is 6.92 Å². The van der Waals surface area contributed by atoms with E-state index in [1.54, 1.807) is 0 Å². The second-order valence-corrected chi connectivity index (χ2v) is 2.45. The van der Waals surface area contributed by atoms with Gasteiger partial charge in [0, 0.05) is 0 Å². The number of hydrogen-bond donors (Lipinski definition) is 0. The third-order valence-electron chi connectivity index (χ3n) is 1.07. The number of ether oxygens (including phenoxy) is 2. The maximum atomic E-state index is 5.22. The van der Waals surface area contributed by atoms with Crippen LogP contribution >= 0.6 is 0 Å². The summed E-state index contributed by atoms with van der Waals surface area (Å²) < 4.78 is 10.4. The van der Waals surface area contributed by atoms with Gasteiger partial charge in [0.25, 0.3) is 0 Å². The molecule has 1 aliphatic rings. The summed E-state index contributed by atoms with van der Waals surface area (Å²) >= 11 is 0. The Morgan fingerprint density at radius 1 is 1.62 bits per heavy atom. The van der Waals surface area contributed by atoms with E-state index in [0.717, 1.165) is 0 Å². The zero-order chi connectivity index (χ0) is 6.20. The summed E-state index contributed by atoms with van der Waals surface area (Å²) in [5.74, 6) is -0.396. The van der Waals surface area contributed by atoms with Crippen LogP contribution in [0.1, 0.15) is 13.8 Å². The van der Waals surface area contributed by atoms with Crippen LogP contribution in [0.3, 0.4) is 0 Å². The average molecular weight is 115 g/mol. The van der Waals surface area contributed by atoms with Crippen LogP contribution in [0.25, 0.3) is 0 Å². The molecule has 0 unspecified atom stereocenters. The van der Waals surface area contributed by atoms with E-state index < -0.39 is 5.79 Å². The van der Waals surface area contributed by atoms with Crippen molar-refractivity contribution in [2.75, 3.05) is 6.61 Å². The van der Waals surface area contributed by atoms with Gasteiger partial charge in [0.15, 0.2) is 5.79 Å². The van der Waals surface area contributed by atoms with Gasteiger partial charge >= 0.3 is 0 Å². The molecular formula is C6H11O2. The van der Waals surface area contributed by atoms with Gasteiger partial charge in [0.2, 0.25) is 0 Å². The summed E-state index contributed by atoms with van der Waals surface area (Å²) in [6, 6.07) is 0. The zero-order valence-corrected chi connectivity index (χ0v) is 5.31. The SMILES string of the molecule is [CH2][C@@H]1COC(C)(C)O1. The molecule has 1 radical (unpaired) electrons. The quantitative estimate of drug-likeness (QED) is 0.468. The van der Waals surface area contributed by atoms with Crippen LogP contribution in [0.4, 0.5) is 0 Å². The first-order valence-electron chi connectivity index (χ1n) is 2.75. The van der Waals surface area contributed by atoms with E-state index in [1.165, 1.54) is 0 Å². The van der Waals surface area contributed by atoms with Crippen LogP contribution in [0.15, 0.2) is 0 Å². The lowest BCUT2D eigenvalue weighted by atomic mass is 10.4. The Morgan fingerprint density at radius 3 is 2.38 bits per heavy atom. The molecule has 1 rings (SSSR count). The van der Waals surface area contributed by atoms with E-state index in [2.05, 4.69) is 6.92 Å². The molecule has 0 saturated carbocycles. The van der Waals surface area contributed by atoms with Crippen molar-refractivity contribution in [2.24, 2.45) is 0 Å². The van der Waals surface area contributed by atoms with Crippen molar-refractivity contribution in [3.8, 4) is 0 Å². The zero-order valence-electron chi connectivity index (χ0n) is 5.31. The Kier molecular flexibility index (Phi) is 1.29. The van der Waals surface area contributed by atoms with E-state index in [4.69, 9.17) is 9.47 Å². The fraction of sp³-hybridized carbons (Fsp3) is 0.833. The highest BCUT2D eigenvalue weighted by Crippen LogP contribution is 2.20. The first-order valence-corrected chi connectivity index (χ1v) is 2.75. The molecule has 1 fully saturated rings. The molecule has 2 nitrogen and oxygen atoms in total. The van der Waals surface area contributed by atoms with Crippen LogP contribution in [0.2, 0.25) is 0 Å². The minimum Gasteiger partial charge on any atom is -0.348 e. The molecule has 1 saturated heterocycles. The smallest absolute Gasteiger partial charge is 0.163 e. The summed E-state index contributed by atoms with van der Waals surface area (Å²) in [5.41, 5.74) is 0. The van der Waals surface area contributed by atoms with Crippen LogP contribution in [-0.4, -0.2) is 18.5 Å². The Balaban J connectivity index is 2.44. The summed E-state index contributed by atoms with van der Waals surface area (Å²) in [7, 11) is 0. The van der Waals surface area contributed by atoms with Gasteiger partial charge in [-0.15, -0.1) is 0 Å². The molecule has 0 aliphatic carbocycles. The van der Waals surface area contributed by atoms with Gasteiger partial charge in [-0.2, -0.15) is 0 Å². The molecule has 0 aromatic rings. The minimum absolute atomic E-state index is 0.0185. The third kappa shape index (κ3) is 1.20. The Bertz CT molecular complexity index is 88.5. The van der Waals surface area contributed by atoms with Gasteiger partial charge in [0.05, 0.1) is 12.7 Å². The highest BCUT2D eigenvalue weighted by molar-refractivity contribution is 4.71. The van der Waals surface area contributed by atoms with E-state index in [9.17, 15) is 0 Å². The van der Waals surface area contributed by atoms with Gasteiger partial charge in [0.1, 0.15) is 0 Å². The van der Waals surface area contributed by atoms with E-state index >= 15 is 0 Å². The summed E-state index contributed by atoms with van der Waals surface area (Å²) in [5, 5.41) is 0. The highest BCUT2D eigenvalue weighted by atomic mass is 16.7. The first kappa shape index (κ1) is 6.05. The molecule has 1 heterocycles. The van der Waals surface area contributed by atoms with Crippen LogP contribution in [0, 0.1) is 6.92 Å².